The molecule has 4 atom stereocenters. The van der Waals surface area contributed by atoms with Gasteiger partial charge in [-0.1, -0.05) is 31.0 Å². The van der Waals surface area contributed by atoms with Gasteiger partial charge in [-0.3, -0.25) is 4.79 Å². The van der Waals surface area contributed by atoms with Crippen LogP contribution in [-0.4, -0.2) is 44.5 Å². The Bertz CT molecular complexity index is 998. The Kier molecular flexibility index (Phi) is 8.60. The van der Waals surface area contributed by atoms with Gasteiger partial charge in [0.1, 0.15) is 12.4 Å². The van der Waals surface area contributed by atoms with Crippen molar-refractivity contribution in [1.29, 1.82) is 0 Å². The van der Waals surface area contributed by atoms with E-state index in [1.54, 1.807) is 0 Å². The summed E-state index contributed by atoms with van der Waals surface area (Å²) in [5.41, 5.74) is 5.00. The summed E-state index contributed by atoms with van der Waals surface area (Å²) in [6.45, 7) is 1.40. The molecule has 3 unspecified atom stereocenters. The van der Waals surface area contributed by atoms with Gasteiger partial charge in [0.25, 0.3) is 5.91 Å². The molecule has 1 saturated heterocycles. The third-order valence-corrected chi connectivity index (χ3v) is 8.30. The molecule has 5 rings (SSSR count). The number of amides is 1. The molecule has 1 N–H and O–H groups in total. The highest BCUT2D eigenvalue weighted by Crippen LogP contribution is 2.30. The van der Waals surface area contributed by atoms with E-state index in [0.29, 0.717) is 18.3 Å². The van der Waals surface area contributed by atoms with Crippen molar-refractivity contribution >= 4 is 5.91 Å². The Morgan fingerprint density at radius 2 is 1.86 bits per heavy atom. The van der Waals surface area contributed by atoms with Crippen molar-refractivity contribution in [2.45, 2.75) is 88.9 Å². The van der Waals surface area contributed by atoms with E-state index < -0.39 is 0 Å². The molecule has 5 heteroatoms. The predicted molar refractivity (Wildman–Crippen MR) is 142 cm³/mol. The van der Waals surface area contributed by atoms with Crippen LogP contribution in [0.15, 0.2) is 42.5 Å². The number of methoxy groups -OCH3 is 1. The molecule has 2 fully saturated rings. The van der Waals surface area contributed by atoms with Gasteiger partial charge in [0, 0.05) is 25.3 Å². The van der Waals surface area contributed by atoms with Crippen LogP contribution >= 0.6 is 0 Å². The van der Waals surface area contributed by atoms with E-state index in [1.165, 1.54) is 55.2 Å². The molecule has 194 valence electrons. The molecule has 1 aliphatic heterocycles. The van der Waals surface area contributed by atoms with E-state index >= 15 is 0 Å². The van der Waals surface area contributed by atoms with Gasteiger partial charge in [-0.15, -0.1) is 0 Å². The van der Waals surface area contributed by atoms with Gasteiger partial charge >= 0.3 is 0 Å². The first-order chi connectivity index (χ1) is 17.7. The number of rotatable bonds is 8. The normalized spacial score (nSPS) is 26.1. The quantitative estimate of drug-likeness (QED) is 0.484. The Morgan fingerprint density at radius 1 is 0.972 bits per heavy atom. The first-order valence-electron chi connectivity index (χ1n) is 13.9. The maximum absolute atomic E-state index is 12.9. The molecule has 2 aromatic carbocycles. The maximum atomic E-state index is 12.9. The largest absolute Gasteiger partial charge is 0.491 e. The summed E-state index contributed by atoms with van der Waals surface area (Å²) in [6, 6.07) is 14.7. The number of ether oxygens (including phenoxy) is 3. The number of hydrogen-bond acceptors (Lipinski definition) is 4. The Hall–Kier alpha value is -2.37. The second-order valence-electron chi connectivity index (χ2n) is 10.9. The second kappa shape index (κ2) is 12.2. The smallest absolute Gasteiger partial charge is 0.251 e. The van der Waals surface area contributed by atoms with Crippen LogP contribution in [0.4, 0.5) is 0 Å². The molecule has 0 bridgehead atoms. The molecular weight excluding hydrogens is 450 g/mol. The molecular formula is C31H41NO4. The molecule has 2 aromatic rings. The Labute approximate surface area is 215 Å². The van der Waals surface area contributed by atoms with Crippen LogP contribution in [0.2, 0.25) is 0 Å². The summed E-state index contributed by atoms with van der Waals surface area (Å²) in [6.07, 6.45) is 13.2. The van der Waals surface area contributed by atoms with Crippen molar-refractivity contribution < 1.29 is 19.0 Å². The zero-order valence-corrected chi connectivity index (χ0v) is 21.7. The lowest BCUT2D eigenvalue weighted by molar-refractivity contribution is 0.0679. The number of aryl methyl sites for hydroxylation is 1. The minimum absolute atomic E-state index is 0.00604. The third kappa shape index (κ3) is 6.68. The van der Waals surface area contributed by atoms with Crippen LogP contribution in [0.5, 0.6) is 5.75 Å². The highest BCUT2D eigenvalue weighted by Gasteiger charge is 2.23. The van der Waals surface area contributed by atoms with Gasteiger partial charge in [0.05, 0.1) is 12.2 Å². The second-order valence-corrected chi connectivity index (χ2v) is 10.9. The summed E-state index contributed by atoms with van der Waals surface area (Å²) in [4.78, 5) is 12.9. The minimum Gasteiger partial charge on any atom is -0.491 e. The van der Waals surface area contributed by atoms with Gasteiger partial charge in [-0.25, -0.2) is 0 Å². The standard InChI is InChI=1S/C31H41NO4/c1-34-28-5-2-4-22(8-14-28)18-23-7-9-26-20-27(13-10-25(26)19-23)32-31(33)24-11-15-29(16-12-24)36-21-30-6-3-17-35-30/h7,9,11-12,15-16,19,22,27-28,30H,2-6,8,10,13-14,17-18,20-21H2,1H3,(H,32,33)/t22?,27?,28?,30-/m0/s1. The number of carbonyl (C=O) groups excluding carboxylic acids is 1. The van der Waals surface area contributed by atoms with Crippen molar-refractivity contribution in [3.05, 3.63) is 64.7 Å². The highest BCUT2D eigenvalue weighted by molar-refractivity contribution is 5.94. The molecule has 1 amide bonds. The first kappa shape index (κ1) is 25.3. The fourth-order valence-corrected chi connectivity index (χ4v) is 6.11. The molecule has 0 spiro atoms. The van der Waals surface area contributed by atoms with Gasteiger partial charge in [0.15, 0.2) is 0 Å². The average molecular weight is 492 g/mol. The number of carbonyl (C=O) groups is 1. The molecule has 0 radical (unpaired) electrons. The first-order valence-corrected chi connectivity index (χ1v) is 13.9. The minimum atomic E-state index is -0.00604. The Balaban J connectivity index is 1.10. The van der Waals surface area contributed by atoms with Crippen LogP contribution in [0, 0.1) is 5.92 Å². The van der Waals surface area contributed by atoms with E-state index in [2.05, 4.69) is 23.5 Å². The van der Waals surface area contributed by atoms with Crippen LogP contribution in [0.1, 0.15) is 78.4 Å². The average Bonchev–Trinajstić information content (AvgIpc) is 3.33. The molecule has 3 aliphatic rings. The van der Waals surface area contributed by atoms with E-state index in [4.69, 9.17) is 14.2 Å². The SMILES string of the molecule is COC1CCCC(Cc2ccc3c(c2)CCC(NC(=O)c2ccc(OC[C@@H]4CCCO4)cc2)C3)CC1. The summed E-state index contributed by atoms with van der Waals surface area (Å²) in [5, 5.41) is 3.26. The molecule has 1 heterocycles. The van der Waals surface area contributed by atoms with Crippen molar-refractivity contribution in [2.75, 3.05) is 20.3 Å². The van der Waals surface area contributed by atoms with Crippen molar-refractivity contribution in [3.63, 3.8) is 0 Å². The number of hydrogen-bond donors (Lipinski definition) is 1. The van der Waals surface area contributed by atoms with Crippen LogP contribution in [-0.2, 0) is 28.7 Å². The fourth-order valence-electron chi connectivity index (χ4n) is 6.11. The lowest BCUT2D eigenvalue weighted by Gasteiger charge is -2.26. The summed E-state index contributed by atoms with van der Waals surface area (Å²) in [7, 11) is 1.85. The summed E-state index contributed by atoms with van der Waals surface area (Å²) >= 11 is 0. The molecule has 0 aromatic heterocycles. The number of nitrogens with one attached hydrogen (secondary N) is 1. The van der Waals surface area contributed by atoms with Crippen molar-refractivity contribution in [3.8, 4) is 5.75 Å². The van der Waals surface area contributed by atoms with Gasteiger partial charge in [-0.2, -0.15) is 0 Å². The molecule has 5 nitrogen and oxygen atoms in total. The zero-order chi connectivity index (χ0) is 24.7. The summed E-state index contributed by atoms with van der Waals surface area (Å²) < 4.78 is 17.0. The van der Waals surface area contributed by atoms with Crippen LogP contribution in [0.3, 0.4) is 0 Å². The van der Waals surface area contributed by atoms with Gasteiger partial charge in [0.2, 0.25) is 0 Å². The molecule has 36 heavy (non-hydrogen) atoms. The Morgan fingerprint density at radius 3 is 2.67 bits per heavy atom. The van der Waals surface area contributed by atoms with Crippen LogP contribution in [0.25, 0.3) is 0 Å². The lowest BCUT2D eigenvalue weighted by atomic mass is 9.85. The van der Waals surface area contributed by atoms with E-state index in [0.717, 1.165) is 50.4 Å². The van der Waals surface area contributed by atoms with Crippen molar-refractivity contribution in [2.24, 2.45) is 5.92 Å². The predicted octanol–water partition coefficient (Wildman–Crippen LogP) is 5.67. The van der Waals surface area contributed by atoms with Gasteiger partial charge < -0.3 is 19.5 Å². The lowest BCUT2D eigenvalue weighted by Crippen LogP contribution is -2.38. The van der Waals surface area contributed by atoms with Crippen molar-refractivity contribution in [1.82, 2.24) is 5.32 Å². The van der Waals surface area contributed by atoms with Crippen LogP contribution < -0.4 is 10.1 Å². The highest BCUT2D eigenvalue weighted by atomic mass is 16.5. The fraction of sp³-hybridized carbons (Fsp3) is 0.581. The van der Waals surface area contributed by atoms with E-state index in [-0.39, 0.29) is 18.1 Å². The van der Waals surface area contributed by atoms with Gasteiger partial charge in [-0.05, 0) is 105 Å². The van der Waals surface area contributed by atoms with E-state index in [9.17, 15) is 4.79 Å². The third-order valence-electron chi connectivity index (χ3n) is 8.30. The monoisotopic (exact) mass is 491 g/mol. The summed E-state index contributed by atoms with van der Waals surface area (Å²) in [5.74, 6) is 1.55. The number of benzene rings is 2. The van der Waals surface area contributed by atoms with E-state index in [1.807, 2.05) is 31.4 Å². The maximum Gasteiger partial charge on any atom is 0.251 e. The number of fused-ring (bicyclic) bond motifs is 1. The molecule has 1 saturated carbocycles. The topological polar surface area (TPSA) is 56.8 Å². The molecule has 2 aliphatic carbocycles. The zero-order valence-electron chi connectivity index (χ0n) is 21.7.